The van der Waals surface area contributed by atoms with Crippen molar-refractivity contribution in [3.8, 4) is 5.75 Å². The first kappa shape index (κ1) is 33.6. The van der Waals surface area contributed by atoms with Gasteiger partial charge in [-0.1, -0.05) is 23.7 Å². The summed E-state index contributed by atoms with van der Waals surface area (Å²) in [7, 11) is 3.15. The molecule has 42 heavy (non-hydrogen) atoms. The Bertz CT molecular complexity index is 1130. The summed E-state index contributed by atoms with van der Waals surface area (Å²) in [4.78, 5) is 24.9. The minimum Gasteiger partial charge on any atom is -0.491 e. The van der Waals surface area contributed by atoms with Crippen molar-refractivity contribution in [2.24, 2.45) is 5.92 Å². The molecule has 2 aromatic carbocycles. The number of hydrogen-bond donors (Lipinski definition) is 5. The van der Waals surface area contributed by atoms with Crippen molar-refractivity contribution in [1.82, 2.24) is 16.0 Å². The molecule has 1 fully saturated rings. The molecule has 1 aliphatic heterocycles. The Balaban J connectivity index is 1.84. The predicted octanol–water partition coefficient (Wildman–Crippen LogP) is 2.67. The van der Waals surface area contributed by atoms with Crippen LogP contribution < -0.4 is 20.7 Å². The fraction of sp³-hybridized carbons (Fsp3) is 0.533. The molecule has 1 heterocycles. The molecule has 0 bridgehead atoms. The highest BCUT2D eigenvalue weighted by molar-refractivity contribution is 6.30. The number of aliphatic hydroxyl groups excluding tert-OH is 2. The summed E-state index contributed by atoms with van der Waals surface area (Å²) in [5.41, 5.74) is 1.66. The Morgan fingerprint density at radius 3 is 2.69 bits per heavy atom. The second-order valence-corrected chi connectivity index (χ2v) is 10.6. The zero-order chi connectivity index (χ0) is 30.3. The molecule has 0 aliphatic carbocycles. The van der Waals surface area contributed by atoms with E-state index >= 15 is 0 Å². The van der Waals surface area contributed by atoms with E-state index in [-0.39, 0.29) is 31.7 Å². The minimum atomic E-state index is -1.09. The largest absolute Gasteiger partial charge is 0.491 e. The molecular weight excluding hydrogens is 566 g/mol. The van der Waals surface area contributed by atoms with Gasteiger partial charge in [0.25, 0.3) is 5.91 Å². The van der Waals surface area contributed by atoms with Gasteiger partial charge in [0.1, 0.15) is 24.6 Å². The molecule has 0 spiro atoms. The summed E-state index contributed by atoms with van der Waals surface area (Å²) in [5.74, 6) is 0.457. The molecule has 5 N–H and O–H groups in total. The molecule has 0 saturated carbocycles. The van der Waals surface area contributed by atoms with E-state index in [0.717, 1.165) is 38.0 Å². The Kier molecular flexibility index (Phi) is 14.3. The van der Waals surface area contributed by atoms with Gasteiger partial charge in [-0.2, -0.15) is 0 Å². The van der Waals surface area contributed by atoms with Crippen LogP contribution in [0.1, 0.15) is 46.9 Å². The van der Waals surface area contributed by atoms with Crippen molar-refractivity contribution in [3.05, 3.63) is 64.2 Å². The molecule has 0 radical (unpaired) electrons. The lowest BCUT2D eigenvalue weighted by molar-refractivity contribution is 0.0478. The van der Waals surface area contributed by atoms with E-state index in [1.807, 2.05) is 13.1 Å². The number of alkyl carbamates (subject to hydrolysis) is 1. The SMILES string of the molecule is CNC(CNC(=O)c1cc(OCC(O)CO)cc(C(OCCNC(=O)OC)c2cccc(Cl)c2)c1)CC1CCCOC1. The van der Waals surface area contributed by atoms with Crippen LogP contribution in [-0.2, 0) is 14.2 Å². The molecular formula is C30H42ClN3O8. The summed E-state index contributed by atoms with van der Waals surface area (Å²) in [6, 6.07) is 12.2. The maximum absolute atomic E-state index is 13.4. The number of methoxy groups -OCH3 is 1. The third kappa shape index (κ3) is 11.0. The highest BCUT2D eigenvalue weighted by Gasteiger charge is 2.22. The third-order valence-corrected chi connectivity index (χ3v) is 7.16. The summed E-state index contributed by atoms with van der Waals surface area (Å²) >= 11 is 6.28. The molecule has 2 amide bonds. The Morgan fingerprint density at radius 2 is 2.00 bits per heavy atom. The molecule has 4 atom stereocenters. The zero-order valence-corrected chi connectivity index (χ0v) is 24.9. The van der Waals surface area contributed by atoms with E-state index < -0.39 is 24.9 Å². The number of hydrogen-bond acceptors (Lipinski definition) is 9. The summed E-state index contributed by atoms with van der Waals surface area (Å²) in [5, 5.41) is 28.5. The second kappa shape index (κ2) is 17.9. The van der Waals surface area contributed by atoms with Crippen LogP contribution in [0.2, 0.25) is 5.02 Å². The van der Waals surface area contributed by atoms with E-state index in [9.17, 15) is 19.8 Å². The first-order valence-corrected chi connectivity index (χ1v) is 14.5. The number of rotatable bonds is 16. The average molecular weight is 608 g/mol. The second-order valence-electron chi connectivity index (χ2n) is 10.2. The van der Waals surface area contributed by atoms with Gasteiger partial charge in [-0.15, -0.1) is 0 Å². The number of amides is 2. The fourth-order valence-electron chi connectivity index (χ4n) is 4.71. The van der Waals surface area contributed by atoms with Crippen LogP contribution >= 0.6 is 11.6 Å². The molecule has 1 saturated heterocycles. The van der Waals surface area contributed by atoms with Crippen molar-refractivity contribution >= 4 is 23.6 Å². The number of nitrogens with one attached hydrogen (secondary N) is 3. The molecule has 11 nitrogen and oxygen atoms in total. The highest BCUT2D eigenvalue weighted by atomic mass is 35.5. The van der Waals surface area contributed by atoms with Crippen molar-refractivity contribution in [2.45, 2.75) is 37.5 Å². The van der Waals surface area contributed by atoms with Gasteiger partial charge in [-0.3, -0.25) is 4.79 Å². The fourth-order valence-corrected chi connectivity index (χ4v) is 4.91. The van der Waals surface area contributed by atoms with Gasteiger partial charge in [-0.25, -0.2) is 4.79 Å². The van der Waals surface area contributed by atoms with E-state index in [2.05, 4.69) is 20.7 Å². The van der Waals surface area contributed by atoms with E-state index in [0.29, 0.717) is 34.4 Å². The topological polar surface area (TPSA) is 148 Å². The van der Waals surface area contributed by atoms with Crippen LogP contribution in [0.4, 0.5) is 4.79 Å². The normalized spacial score (nSPS) is 17.1. The minimum absolute atomic E-state index is 0.0732. The van der Waals surface area contributed by atoms with Crippen molar-refractivity contribution in [1.29, 1.82) is 0 Å². The van der Waals surface area contributed by atoms with E-state index in [1.54, 1.807) is 36.4 Å². The maximum atomic E-state index is 13.4. The smallest absolute Gasteiger partial charge is 0.406 e. The molecule has 12 heteroatoms. The number of carbonyl (C=O) groups excluding carboxylic acids is 2. The van der Waals surface area contributed by atoms with Crippen molar-refractivity contribution < 1.29 is 38.7 Å². The first-order valence-electron chi connectivity index (χ1n) is 14.1. The van der Waals surface area contributed by atoms with Crippen LogP contribution in [0.5, 0.6) is 5.75 Å². The Hall–Kier alpha value is -2.93. The van der Waals surface area contributed by atoms with Crippen LogP contribution in [0.3, 0.4) is 0 Å². The predicted molar refractivity (Wildman–Crippen MR) is 158 cm³/mol. The van der Waals surface area contributed by atoms with Crippen LogP contribution in [0, 0.1) is 5.92 Å². The Labute approximate surface area is 251 Å². The van der Waals surface area contributed by atoms with Gasteiger partial charge in [0.15, 0.2) is 0 Å². The number of ether oxygens (including phenoxy) is 4. The standard InChI is InChI=1S/C30H42ClN3O8/c1-32-25(11-20-5-4-9-40-18-20)16-34-29(37)23-12-22(14-27(15-23)42-19-26(36)17-35)28(21-6-3-7-24(31)13-21)41-10-8-33-30(38)39-2/h3,6-7,12-15,20,25-26,28,32,35-36H,4-5,8-11,16-19H2,1-2H3,(H,33,38)(H,34,37). The number of carbonyl (C=O) groups is 2. The molecule has 0 aromatic heterocycles. The number of aliphatic hydroxyl groups is 2. The van der Waals surface area contributed by atoms with Crippen molar-refractivity contribution in [2.75, 3.05) is 60.3 Å². The summed E-state index contributed by atoms with van der Waals surface area (Å²) < 4.78 is 22.1. The van der Waals surface area contributed by atoms with Crippen LogP contribution in [0.15, 0.2) is 42.5 Å². The van der Waals surface area contributed by atoms with Gasteiger partial charge in [0.05, 0.1) is 20.3 Å². The van der Waals surface area contributed by atoms with Crippen LogP contribution in [0.25, 0.3) is 0 Å². The lowest BCUT2D eigenvalue weighted by Crippen LogP contribution is -2.41. The molecule has 4 unspecified atom stereocenters. The zero-order valence-electron chi connectivity index (χ0n) is 24.1. The Morgan fingerprint density at radius 1 is 1.17 bits per heavy atom. The van der Waals surface area contributed by atoms with Gasteiger partial charge in [0, 0.05) is 42.9 Å². The molecule has 1 aliphatic rings. The monoisotopic (exact) mass is 607 g/mol. The summed E-state index contributed by atoms with van der Waals surface area (Å²) in [6.45, 7) is 1.64. The number of likely N-dealkylation sites (N-methyl/N-ethyl adjacent to an activating group) is 1. The molecule has 232 valence electrons. The van der Waals surface area contributed by atoms with E-state index in [1.165, 1.54) is 7.11 Å². The quantitative estimate of drug-likeness (QED) is 0.182. The van der Waals surface area contributed by atoms with Gasteiger partial charge < -0.3 is 45.1 Å². The van der Waals surface area contributed by atoms with Crippen molar-refractivity contribution in [3.63, 3.8) is 0 Å². The summed E-state index contributed by atoms with van der Waals surface area (Å²) in [6.07, 6.45) is 0.699. The van der Waals surface area contributed by atoms with E-state index in [4.69, 9.17) is 25.8 Å². The first-order chi connectivity index (χ1) is 20.3. The number of benzene rings is 2. The molecule has 2 aromatic rings. The third-order valence-electron chi connectivity index (χ3n) is 6.93. The van der Waals surface area contributed by atoms with Gasteiger partial charge in [-0.05, 0) is 73.7 Å². The van der Waals surface area contributed by atoms with Gasteiger partial charge >= 0.3 is 6.09 Å². The van der Waals surface area contributed by atoms with Crippen LogP contribution in [-0.4, -0.2) is 94.6 Å². The molecule has 3 rings (SSSR count). The average Bonchev–Trinajstić information content (AvgIpc) is 3.01. The number of halogens is 1. The van der Waals surface area contributed by atoms with Gasteiger partial charge in [0.2, 0.25) is 0 Å². The lowest BCUT2D eigenvalue weighted by atomic mass is 9.94. The highest BCUT2D eigenvalue weighted by Crippen LogP contribution is 2.31. The maximum Gasteiger partial charge on any atom is 0.406 e. The lowest BCUT2D eigenvalue weighted by Gasteiger charge is -2.26.